The highest BCUT2D eigenvalue weighted by atomic mass is 79.9. The summed E-state index contributed by atoms with van der Waals surface area (Å²) in [5.74, 6) is 0. The third kappa shape index (κ3) is 4.92. The molecule has 4 nitrogen and oxygen atoms in total. The van der Waals surface area contributed by atoms with Gasteiger partial charge in [-0.25, -0.2) is 8.42 Å². The molecular weight excluding hydrogens is 339 g/mol. The number of nitrogens with one attached hydrogen (secondary N) is 1. The van der Waals surface area contributed by atoms with Crippen LogP contribution in [0, 0.1) is 0 Å². The van der Waals surface area contributed by atoms with Crippen molar-refractivity contribution in [1.82, 2.24) is 4.89 Å². The van der Waals surface area contributed by atoms with E-state index in [0.717, 1.165) is 5.56 Å². The summed E-state index contributed by atoms with van der Waals surface area (Å²) in [6.45, 7) is -1.69. The minimum atomic E-state index is -4.59. The van der Waals surface area contributed by atoms with Crippen molar-refractivity contribution in [3.8, 4) is 0 Å². The van der Waals surface area contributed by atoms with Gasteiger partial charge in [-0.3, -0.25) is 4.84 Å². The molecule has 0 unspecified atom stereocenters. The maximum atomic E-state index is 11.8. The van der Waals surface area contributed by atoms with Gasteiger partial charge in [-0.15, -0.1) is 0 Å². The summed E-state index contributed by atoms with van der Waals surface area (Å²) < 4.78 is 58.3. The molecular formula is C9H9BrF3NO3S. The van der Waals surface area contributed by atoms with Crippen LogP contribution in [0.2, 0.25) is 0 Å². The Morgan fingerprint density at radius 1 is 1.22 bits per heavy atom. The second kappa shape index (κ2) is 6.00. The molecule has 0 saturated heterocycles. The van der Waals surface area contributed by atoms with Crippen molar-refractivity contribution in [2.75, 3.05) is 6.61 Å². The summed E-state index contributed by atoms with van der Waals surface area (Å²) in [4.78, 5) is 5.14. The lowest BCUT2D eigenvalue weighted by molar-refractivity contribution is -0.181. The molecule has 0 spiro atoms. The van der Waals surface area contributed by atoms with Gasteiger partial charge in [0.2, 0.25) is 0 Å². The smallest absolute Gasteiger partial charge is 0.277 e. The molecule has 0 aliphatic carbocycles. The topological polar surface area (TPSA) is 55.4 Å². The van der Waals surface area contributed by atoms with Crippen LogP contribution in [0.3, 0.4) is 0 Å². The molecule has 1 N–H and O–H groups in total. The Balaban J connectivity index is 2.68. The van der Waals surface area contributed by atoms with Gasteiger partial charge in [0.15, 0.2) is 6.61 Å². The molecule has 1 aromatic rings. The SMILES string of the molecule is O=S(=O)(NOCC(F)(F)F)c1ccc(CBr)cc1. The van der Waals surface area contributed by atoms with E-state index >= 15 is 0 Å². The largest absolute Gasteiger partial charge is 0.413 e. The minimum absolute atomic E-state index is 0.172. The van der Waals surface area contributed by atoms with Crippen LogP contribution in [0.25, 0.3) is 0 Å². The van der Waals surface area contributed by atoms with E-state index < -0.39 is 22.8 Å². The molecule has 0 bridgehead atoms. The summed E-state index contributed by atoms with van der Waals surface area (Å²) in [5.41, 5.74) is 0.838. The van der Waals surface area contributed by atoms with E-state index in [4.69, 9.17) is 0 Å². The summed E-state index contributed by atoms with van der Waals surface area (Å²) in [7, 11) is -4.10. The fraction of sp³-hybridized carbons (Fsp3) is 0.333. The fourth-order valence-electron chi connectivity index (χ4n) is 0.995. The zero-order valence-corrected chi connectivity index (χ0v) is 11.3. The fourth-order valence-corrected chi connectivity index (χ4v) is 2.17. The van der Waals surface area contributed by atoms with Gasteiger partial charge in [0.1, 0.15) is 0 Å². The molecule has 1 aromatic carbocycles. The third-order valence-corrected chi connectivity index (χ3v) is 3.67. The molecule has 0 aromatic heterocycles. The van der Waals surface area contributed by atoms with Gasteiger partial charge in [-0.05, 0) is 17.7 Å². The molecule has 0 aliphatic rings. The number of halogens is 4. The lowest BCUT2D eigenvalue weighted by atomic mass is 10.2. The van der Waals surface area contributed by atoms with Gasteiger partial charge < -0.3 is 0 Å². The van der Waals surface area contributed by atoms with Gasteiger partial charge in [0, 0.05) is 5.33 Å². The quantitative estimate of drug-likeness (QED) is 0.657. The molecule has 1 rings (SSSR count). The van der Waals surface area contributed by atoms with Gasteiger partial charge in [0.25, 0.3) is 10.0 Å². The minimum Gasteiger partial charge on any atom is -0.277 e. The summed E-state index contributed by atoms with van der Waals surface area (Å²) in [6.07, 6.45) is -4.59. The number of rotatable bonds is 5. The van der Waals surface area contributed by atoms with E-state index in [9.17, 15) is 21.6 Å². The Hall–Kier alpha value is -0.640. The highest BCUT2D eigenvalue weighted by Gasteiger charge is 2.29. The van der Waals surface area contributed by atoms with Crippen LogP contribution < -0.4 is 4.89 Å². The zero-order chi connectivity index (χ0) is 13.8. The number of benzene rings is 1. The first-order valence-electron chi connectivity index (χ1n) is 4.60. The molecule has 0 fully saturated rings. The highest BCUT2D eigenvalue weighted by molar-refractivity contribution is 9.08. The number of hydrogen-bond donors (Lipinski definition) is 1. The maximum Gasteiger partial charge on any atom is 0.413 e. The Morgan fingerprint density at radius 3 is 2.22 bits per heavy atom. The lowest BCUT2D eigenvalue weighted by Gasteiger charge is -2.09. The van der Waals surface area contributed by atoms with Crippen molar-refractivity contribution in [2.24, 2.45) is 0 Å². The van der Waals surface area contributed by atoms with Gasteiger partial charge >= 0.3 is 6.18 Å². The average Bonchev–Trinajstić information content (AvgIpc) is 2.27. The van der Waals surface area contributed by atoms with E-state index in [1.165, 1.54) is 29.2 Å². The molecule has 0 heterocycles. The molecule has 9 heteroatoms. The zero-order valence-electron chi connectivity index (χ0n) is 8.87. The number of sulfonamides is 1. The normalized spacial score (nSPS) is 12.7. The average molecular weight is 348 g/mol. The van der Waals surface area contributed by atoms with Crippen LogP contribution >= 0.6 is 15.9 Å². The first-order valence-corrected chi connectivity index (χ1v) is 7.20. The monoisotopic (exact) mass is 347 g/mol. The second-order valence-electron chi connectivity index (χ2n) is 3.27. The molecule has 0 saturated carbocycles. The lowest BCUT2D eigenvalue weighted by Crippen LogP contribution is -2.29. The van der Waals surface area contributed by atoms with Crippen molar-refractivity contribution < 1.29 is 26.4 Å². The van der Waals surface area contributed by atoms with Crippen molar-refractivity contribution in [1.29, 1.82) is 0 Å². The highest BCUT2D eigenvalue weighted by Crippen LogP contribution is 2.15. The third-order valence-electron chi connectivity index (χ3n) is 1.79. The van der Waals surface area contributed by atoms with Gasteiger partial charge in [-0.2, -0.15) is 13.2 Å². The van der Waals surface area contributed by atoms with Crippen LogP contribution in [0.15, 0.2) is 29.2 Å². The van der Waals surface area contributed by atoms with Crippen LogP contribution in [-0.2, 0) is 20.2 Å². The molecule has 18 heavy (non-hydrogen) atoms. The van der Waals surface area contributed by atoms with E-state index in [-0.39, 0.29) is 4.90 Å². The predicted octanol–water partition coefficient (Wildman–Crippen LogP) is 2.35. The van der Waals surface area contributed by atoms with Gasteiger partial charge in [-0.1, -0.05) is 32.9 Å². The maximum absolute atomic E-state index is 11.8. The van der Waals surface area contributed by atoms with E-state index in [1.807, 2.05) is 0 Å². The molecule has 102 valence electrons. The predicted molar refractivity (Wildman–Crippen MR) is 61.4 cm³/mol. The molecule has 0 aliphatic heterocycles. The Morgan fingerprint density at radius 2 is 1.78 bits per heavy atom. The summed E-state index contributed by atoms with van der Waals surface area (Å²) >= 11 is 3.18. The van der Waals surface area contributed by atoms with Gasteiger partial charge in [0.05, 0.1) is 4.90 Å². The first-order chi connectivity index (χ1) is 8.24. The van der Waals surface area contributed by atoms with Crippen LogP contribution in [0.1, 0.15) is 5.56 Å². The first kappa shape index (κ1) is 15.4. The van der Waals surface area contributed by atoms with Crippen LogP contribution in [0.5, 0.6) is 0 Å². The van der Waals surface area contributed by atoms with E-state index in [0.29, 0.717) is 5.33 Å². The van der Waals surface area contributed by atoms with Crippen LogP contribution in [0.4, 0.5) is 13.2 Å². The van der Waals surface area contributed by atoms with Crippen molar-refractivity contribution in [3.05, 3.63) is 29.8 Å². The second-order valence-corrected chi connectivity index (χ2v) is 5.47. The summed E-state index contributed by atoms with van der Waals surface area (Å²) in [5, 5.41) is 0.547. The van der Waals surface area contributed by atoms with Crippen molar-refractivity contribution >= 4 is 26.0 Å². The summed E-state index contributed by atoms with van der Waals surface area (Å²) in [6, 6.07) is 5.62. The standard InChI is InChI=1S/C9H9BrF3NO3S/c10-5-7-1-3-8(4-2-7)18(15,16)14-17-6-9(11,12)13/h1-4,14H,5-6H2. The van der Waals surface area contributed by atoms with E-state index in [1.54, 1.807) is 0 Å². The Labute approximate surface area is 110 Å². The molecule has 0 amide bonds. The molecule has 0 atom stereocenters. The van der Waals surface area contributed by atoms with E-state index in [2.05, 4.69) is 20.8 Å². The van der Waals surface area contributed by atoms with Crippen molar-refractivity contribution in [2.45, 2.75) is 16.4 Å². The van der Waals surface area contributed by atoms with Crippen molar-refractivity contribution in [3.63, 3.8) is 0 Å². The number of alkyl halides is 4. The Bertz CT molecular complexity index is 487. The molecule has 0 radical (unpaired) electrons. The number of hydrogen-bond acceptors (Lipinski definition) is 3. The van der Waals surface area contributed by atoms with Crippen LogP contribution in [-0.4, -0.2) is 21.2 Å². The Kier molecular flexibility index (Phi) is 5.14.